The van der Waals surface area contributed by atoms with Crippen LogP contribution in [0.1, 0.15) is 13.3 Å². The maximum absolute atomic E-state index is 7.82. The zero-order chi connectivity index (χ0) is 15.8. The molecule has 114 valence electrons. The van der Waals surface area contributed by atoms with E-state index in [-0.39, 0.29) is 11.9 Å². The molecular weight excluding hydrogens is 266 g/mol. The molecule has 0 heterocycles. The molecule has 2 N–H and O–H groups in total. The fourth-order valence-electron chi connectivity index (χ4n) is 2.08. The summed E-state index contributed by atoms with van der Waals surface area (Å²) >= 11 is 0. The fourth-order valence-corrected chi connectivity index (χ4v) is 2.08. The van der Waals surface area contributed by atoms with Crippen LogP contribution in [0.25, 0.3) is 0 Å². The van der Waals surface area contributed by atoms with Gasteiger partial charge in [-0.25, -0.2) is 0 Å². The molecule has 0 aromatic carbocycles. The van der Waals surface area contributed by atoms with Crippen LogP contribution >= 0.6 is 0 Å². The van der Waals surface area contributed by atoms with E-state index in [9.17, 15) is 0 Å². The summed E-state index contributed by atoms with van der Waals surface area (Å²) < 4.78 is 10.1. The van der Waals surface area contributed by atoms with E-state index in [0.717, 1.165) is 24.3 Å². The van der Waals surface area contributed by atoms with Gasteiger partial charge in [0.1, 0.15) is 5.76 Å². The molecule has 1 aliphatic carbocycles. The van der Waals surface area contributed by atoms with Crippen LogP contribution in [0.4, 0.5) is 0 Å². The summed E-state index contributed by atoms with van der Waals surface area (Å²) in [5.74, 6) is 0.715. The summed E-state index contributed by atoms with van der Waals surface area (Å²) in [6.45, 7) is 6.86. The average molecular weight is 289 g/mol. The van der Waals surface area contributed by atoms with Crippen molar-refractivity contribution in [3.05, 3.63) is 47.8 Å². The zero-order valence-electron chi connectivity index (χ0n) is 12.8. The van der Waals surface area contributed by atoms with Crippen LogP contribution in [-0.4, -0.2) is 43.9 Å². The standard InChI is InChI=1S/C16H23N3O2/c1-5-19(3)15-10-9-13(20-4)7-6-8-14(15)12(2)16(18)21-11-17/h7-11,15,17-18H,2,5-6H2,1,3-4H3/b10-9?,13-7+,14-8-,17-11?,18-16?. The highest BCUT2D eigenvalue weighted by molar-refractivity contribution is 5.98. The Morgan fingerprint density at radius 3 is 2.81 bits per heavy atom. The Morgan fingerprint density at radius 2 is 2.24 bits per heavy atom. The van der Waals surface area contributed by atoms with Crippen LogP contribution in [-0.2, 0) is 9.47 Å². The first kappa shape index (κ1) is 16.9. The first-order valence-electron chi connectivity index (χ1n) is 6.81. The molecule has 1 atom stereocenters. The van der Waals surface area contributed by atoms with Crippen molar-refractivity contribution in [2.45, 2.75) is 19.4 Å². The van der Waals surface area contributed by atoms with Crippen LogP contribution in [0.5, 0.6) is 0 Å². The molecule has 0 radical (unpaired) electrons. The predicted octanol–water partition coefficient (Wildman–Crippen LogP) is 2.88. The minimum Gasteiger partial charge on any atom is -0.497 e. The van der Waals surface area contributed by atoms with Crippen molar-refractivity contribution in [1.29, 1.82) is 10.8 Å². The van der Waals surface area contributed by atoms with E-state index < -0.39 is 0 Å². The van der Waals surface area contributed by atoms with Gasteiger partial charge in [-0.15, -0.1) is 0 Å². The van der Waals surface area contributed by atoms with Gasteiger partial charge in [-0.1, -0.05) is 25.7 Å². The number of likely N-dealkylation sites (N-methyl/N-ethyl adjacent to an activating group) is 1. The molecule has 0 aromatic heterocycles. The summed E-state index contributed by atoms with van der Waals surface area (Å²) in [7, 11) is 3.66. The molecule has 5 heteroatoms. The van der Waals surface area contributed by atoms with Crippen LogP contribution in [0.2, 0.25) is 0 Å². The van der Waals surface area contributed by atoms with Crippen molar-refractivity contribution >= 4 is 12.3 Å². The second kappa shape index (κ2) is 8.21. The van der Waals surface area contributed by atoms with Gasteiger partial charge in [-0.3, -0.25) is 15.7 Å². The Balaban J connectivity index is 3.14. The van der Waals surface area contributed by atoms with Gasteiger partial charge in [0, 0.05) is 5.57 Å². The maximum atomic E-state index is 7.82. The van der Waals surface area contributed by atoms with Gasteiger partial charge in [0.15, 0.2) is 6.40 Å². The zero-order valence-corrected chi connectivity index (χ0v) is 12.8. The molecule has 1 unspecified atom stereocenters. The minimum absolute atomic E-state index is 0.0176. The van der Waals surface area contributed by atoms with Crippen LogP contribution < -0.4 is 0 Å². The highest BCUT2D eigenvalue weighted by atomic mass is 16.5. The SMILES string of the molecule is C=C(C(=N)OC=N)/C1=C/C/C=C(/OC)C=CC1N(C)CC. The maximum Gasteiger partial charge on any atom is 0.220 e. The van der Waals surface area contributed by atoms with E-state index >= 15 is 0 Å². The largest absolute Gasteiger partial charge is 0.497 e. The molecule has 0 saturated carbocycles. The molecule has 0 fully saturated rings. The monoisotopic (exact) mass is 289 g/mol. The van der Waals surface area contributed by atoms with Crippen molar-refractivity contribution < 1.29 is 9.47 Å². The normalized spacial score (nSPS) is 23.1. The third-order valence-corrected chi connectivity index (χ3v) is 3.43. The van der Waals surface area contributed by atoms with E-state index in [1.54, 1.807) is 7.11 Å². The molecule has 0 saturated heterocycles. The summed E-state index contributed by atoms with van der Waals surface area (Å²) in [6.07, 6.45) is 9.36. The van der Waals surface area contributed by atoms with Gasteiger partial charge in [0.25, 0.3) is 0 Å². The van der Waals surface area contributed by atoms with Crippen molar-refractivity contribution in [3.63, 3.8) is 0 Å². The number of nitrogens with zero attached hydrogens (tertiary/aromatic N) is 1. The highest BCUT2D eigenvalue weighted by Gasteiger charge is 2.21. The molecule has 0 aliphatic heterocycles. The van der Waals surface area contributed by atoms with Crippen molar-refractivity contribution in [3.8, 4) is 0 Å². The Hall–Kier alpha value is -2.14. The lowest BCUT2D eigenvalue weighted by atomic mass is 9.95. The summed E-state index contributed by atoms with van der Waals surface area (Å²) in [5, 5.41) is 14.8. The van der Waals surface area contributed by atoms with Gasteiger partial charge in [0.05, 0.1) is 13.2 Å². The number of allylic oxidation sites excluding steroid dienone is 3. The van der Waals surface area contributed by atoms with Crippen LogP contribution in [0.3, 0.4) is 0 Å². The predicted molar refractivity (Wildman–Crippen MR) is 85.8 cm³/mol. The molecule has 0 spiro atoms. The van der Waals surface area contributed by atoms with E-state index in [1.807, 2.05) is 31.4 Å². The topological polar surface area (TPSA) is 69.4 Å². The quantitative estimate of drug-likeness (QED) is 0.583. The second-order valence-electron chi connectivity index (χ2n) is 4.63. The van der Waals surface area contributed by atoms with Gasteiger partial charge >= 0.3 is 0 Å². The van der Waals surface area contributed by atoms with Crippen molar-refractivity contribution in [1.82, 2.24) is 4.90 Å². The Labute approximate surface area is 126 Å². The first-order chi connectivity index (χ1) is 10.0. The summed E-state index contributed by atoms with van der Waals surface area (Å²) in [4.78, 5) is 2.14. The lowest BCUT2D eigenvalue weighted by Gasteiger charge is -2.28. The van der Waals surface area contributed by atoms with Crippen LogP contribution in [0.15, 0.2) is 47.8 Å². The molecule has 0 aromatic rings. The highest BCUT2D eigenvalue weighted by Crippen LogP contribution is 2.23. The van der Waals surface area contributed by atoms with Gasteiger partial charge in [-0.2, -0.15) is 0 Å². The number of nitrogens with one attached hydrogen (secondary N) is 2. The van der Waals surface area contributed by atoms with E-state index in [1.165, 1.54) is 0 Å². The molecular formula is C16H23N3O2. The summed E-state index contributed by atoms with van der Waals surface area (Å²) in [5.41, 5.74) is 1.40. The van der Waals surface area contributed by atoms with Gasteiger partial charge in [0.2, 0.25) is 5.90 Å². The van der Waals surface area contributed by atoms with Crippen LogP contribution in [0, 0.1) is 10.8 Å². The number of methoxy groups -OCH3 is 1. The molecule has 5 nitrogen and oxygen atoms in total. The first-order valence-corrected chi connectivity index (χ1v) is 6.81. The molecule has 0 amide bonds. The Kier molecular flexibility index (Phi) is 6.62. The second-order valence-corrected chi connectivity index (χ2v) is 4.63. The van der Waals surface area contributed by atoms with E-state index in [4.69, 9.17) is 20.3 Å². The lowest BCUT2D eigenvalue weighted by molar-refractivity contribution is 0.301. The number of ether oxygens (including phenoxy) is 2. The number of hydrogen-bond acceptors (Lipinski definition) is 5. The molecule has 1 rings (SSSR count). The van der Waals surface area contributed by atoms with E-state index in [2.05, 4.69) is 18.4 Å². The Bertz CT molecular complexity index is 504. The summed E-state index contributed by atoms with van der Waals surface area (Å²) in [6, 6.07) is -0.0176. The smallest absolute Gasteiger partial charge is 0.220 e. The molecule has 1 aliphatic rings. The van der Waals surface area contributed by atoms with E-state index in [0.29, 0.717) is 12.0 Å². The number of hydrogen-bond donors (Lipinski definition) is 2. The third-order valence-electron chi connectivity index (χ3n) is 3.43. The fraction of sp³-hybridized carbons (Fsp3) is 0.375. The number of rotatable bonds is 6. The minimum atomic E-state index is -0.101. The Morgan fingerprint density at radius 1 is 1.52 bits per heavy atom. The average Bonchev–Trinajstić information content (AvgIpc) is 2.46. The molecule has 0 bridgehead atoms. The third kappa shape index (κ3) is 4.43. The van der Waals surface area contributed by atoms with Gasteiger partial charge < -0.3 is 9.47 Å². The lowest BCUT2D eigenvalue weighted by Crippen LogP contribution is -2.33. The van der Waals surface area contributed by atoms with Crippen molar-refractivity contribution in [2.75, 3.05) is 20.7 Å². The molecule has 21 heavy (non-hydrogen) atoms. The van der Waals surface area contributed by atoms with Crippen molar-refractivity contribution in [2.24, 2.45) is 0 Å². The van der Waals surface area contributed by atoms with Gasteiger partial charge in [-0.05, 0) is 37.7 Å².